The van der Waals surface area contributed by atoms with Crippen LogP contribution in [0.3, 0.4) is 0 Å². The molecule has 0 radical (unpaired) electrons. The van der Waals surface area contributed by atoms with Crippen LogP contribution in [0.5, 0.6) is 0 Å². The first-order valence-corrected chi connectivity index (χ1v) is 7.32. The van der Waals surface area contributed by atoms with Gasteiger partial charge in [-0.05, 0) is 47.0 Å². The van der Waals surface area contributed by atoms with E-state index in [9.17, 15) is 9.59 Å². The van der Waals surface area contributed by atoms with E-state index in [2.05, 4.69) is 21.2 Å². The molecule has 0 heterocycles. The average Bonchev–Trinajstić information content (AvgIpc) is 2.90. The molecule has 1 aliphatic rings. The van der Waals surface area contributed by atoms with Crippen molar-refractivity contribution in [1.29, 1.82) is 0 Å². The number of carboxylic acids is 1. The minimum atomic E-state index is -1.00. The molecular formula is C14H17BrN2O3. The molecule has 2 rings (SSSR count). The molecule has 1 saturated carbocycles. The van der Waals surface area contributed by atoms with Gasteiger partial charge < -0.3 is 16.2 Å². The molecule has 0 spiro atoms. The van der Waals surface area contributed by atoms with Gasteiger partial charge in [-0.25, -0.2) is 4.79 Å². The quantitative estimate of drug-likeness (QED) is 0.785. The van der Waals surface area contributed by atoms with Crippen LogP contribution >= 0.6 is 15.9 Å². The van der Waals surface area contributed by atoms with E-state index in [4.69, 9.17) is 10.8 Å². The summed E-state index contributed by atoms with van der Waals surface area (Å²) in [5.41, 5.74) is 6.03. The second kappa shape index (κ2) is 5.93. The first-order valence-electron chi connectivity index (χ1n) is 6.53. The fraction of sp³-hybridized carbons (Fsp3) is 0.429. The Morgan fingerprint density at radius 2 is 2.00 bits per heavy atom. The largest absolute Gasteiger partial charge is 0.478 e. The summed E-state index contributed by atoms with van der Waals surface area (Å²) < 4.78 is 0.552. The van der Waals surface area contributed by atoms with Crippen molar-refractivity contribution in [2.24, 2.45) is 11.1 Å². The van der Waals surface area contributed by atoms with Gasteiger partial charge in [0.15, 0.2) is 0 Å². The molecule has 4 N–H and O–H groups in total. The number of nitrogens with one attached hydrogen (secondary N) is 1. The van der Waals surface area contributed by atoms with Gasteiger partial charge in [-0.15, -0.1) is 0 Å². The summed E-state index contributed by atoms with van der Waals surface area (Å²) in [6.07, 6.45) is 3.65. The van der Waals surface area contributed by atoms with Crippen LogP contribution < -0.4 is 11.1 Å². The second-order valence-electron chi connectivity index (χ2n) is 5.15. The Balaban J connectivity index is 2.17. The molecule has 0 saturated heterocycles. The van der Waals surface area contributed by atoms with E-state index in [0.29, 0.717) is 16.7 Å². The Morgan fingerprint density at radius 3 is 2.50 bits per heavy atom. The van der Waals surface area contributed by atoms with Crippen LogP contribution in [-0.4, -0.2) is 23.5 Å². The Morgan fingerprint density at radius 1 is 1.35 bits per heavy atom. The van der Waals surface area contributed by atoms with Crippen molar-refractivity contribution in [1.82, 2.24) is 0 Å². The summed E-state index contributed by atoms with van der Waals surface area (Å²) >= 11 is 3.28. The minimum Gasteiger partial charge on any atom is -0.478 e. The lowest BCUT2D eigenvalue weighted by Crippen LogP contribution is -2.40. The zero-order valence-corrected chi connectivity index (χ0v) is 12.6. The van der Waals surface area contributed by atoms with Crippen LogP contribution in [0.15, 0.2) is 22.7 Å². The minimum absolute atomic E-state index is 0.0822. The number of halogens is 1. The number of rotatable bonds is 4. The highest BCUT2D eigenvalue weighted by Crippen LogP contribution is 2.38. The number of hydrogen-bond acceptors (Lipinski definition) is 3. The van der Waals surface area contributed by atoms with Crippen LogP contribution in [0, 0.1) is 5.41 Å². The van der Waals surface area contributed by atoms with Crippen LogP contribution in [0.25, 0.3) is 0 Å². The molecule has 6 heteroatoms. The van der Waals surface area contributed by atoms with Crippen molar-refractivity contribution < 1.29 is 14.7 Å². The Hall–Kier alpha value is -1.40. The maximum Gasteiger partial charge on any atom is 0.335 e. The van der Waals surface area contributed by atoms with Gasteiger partial charge in [0.2, 0.25) is 5.91 Å². The number of benzene rings is 1. The molecule has 1 fully saturated rings. The van der Waals surface area contributed by atoms with Gasteiger partial charge in [-0.3, -0.25) is 4.79 Å². The summed E-state index contributed by atoms with van der Waals surface area (Å²) in [5, 5.41) is 11.8. The molecule has 108 valence electrons. The first-order chi connectivity index (χ1) is 9.48. The van der Waals surface area contributed by atoms with Gasteiger partial charge >= 0.3 is 5.97 Å². The molecule has 1 amide bonds. The third-order valence-electron chi connectivity index (χ3n) is 3.90. The van der Waals surface area contributed by atoms with Gasteiger partial charge in [0.05, 0.1) is 16.7 Å². The topological polar surface area (TPSA) is 92.4 Å². The summed E-state index contributed by atoms with van der Waals surface area (Å²) in [7, 11) is 0. The molecule has 1 aliphatic carbocycles. The van der Waals surface area contributed by atoms with Crippen molar-refractivity contribution in [3.63, 3.8) is 0 Å². The van der Waals surface area contributed by atoms with Crippen molar-refractivity contribution in [3.8, 4) is 0 Å². The molecule has 0 atom stereocenters. The van der Waals surface area contributed by atoms with Gasteiger partial charge in [-0.1, -0.05) is 12.8 Å². The second-order valence-corrected chi connectivity index (χ2v) is 6.00. The Bertz CT molecular complexity index is 539. The number of nitrogens with two attached hydrogens (primary N) is 1. The lowest BCUT2D eigenvalue weighted by Gasteiger charge is -2.26. The van der Waals surface area contributed by atoms with E-state index in [0.717, 1.165) is 25.7 Å². The smallest absolute Gasteiger partial charge is 0.335 e. The van der Waals surface area contributed by atoms with Gasteiger partial charge in [0.25, 0.3) is 0 Å². The zero-order valence-electron chi connectivity index (χ0n) is 11.0. The average molecular weight is 341 g/mol. The highest BCUT2D eigenvalue weighted by atomic mass is 79.9. The number of aromatic carboxylic acids is 1. The van der Waals surface area contributed by atoms with E-state index in [-0.39, 0.29) is 11.5 Å². The predicted molar refractivity (Wildman–Crippen MR) is 79.7 cm³/mol. The summed E-state index contributed by atoms with van der Waals surface area (Å²) in [5.74, 6) is -1.08. The zero-order chi connectivity index (χ0) is 14.8. The normalized spacial score (nSPS) is 16.9. The van der Waals surface area contributed by atoms with Crippen LogP contribution in [0.4, 0.5) is 5.69 Å². The third kappa shape index (κ3) is 2.86. The third-order valence-corrected chi connectivity index (χ3v) is 4.55. The van der Waals surface area contributed by atoms with Gasteiger partial charge in [0.1, 0.15) is 0 Å². The number of hydrogen-bond donors (Lipinski definition) is 3. The standard InChI is InChI=1S/C14H17BrN2O3/c15-10-7-9(12(18)19)3-4-11(10)17-13(20)14(8-16)5-1-2-6-14/h3-4,7H,1-2,5-6,8,16H2,(H,17,20)(H,18,19). The maximum absolute atomic E-state index is 12.4. The summed E-state index contributed by atoms with van der Waals surface area (Å²) in [4.78, 5) is 23.3. The molecule has 1 aromatic carbocycles. The number of carboxylic acid groups (broad SMARTS) is 1. The molecule has 0 bridgehead atoms. The molecule has 20 heavy (non-hydrogen) atoms. The van der Waals surface area contributed by atoms with Gasteiger partial charge in [-0.2, -0.15) is 0 Å². The van der Waals surface area contributed by atoms with Crippen molar-refractivity contribution in [2.45, 2.75) is 25.7 Å². The van der Waals surface area contributed by atoms with Crippen LogP contribution in [-0.2, 0) is 4.79 Å². The number of amides is 1. The number of anilines is 1. The van der Waals surface area contributed by atoms with E-state index in [1.165, 1.54) is 12.1 Å². The van der Waals surface area contributed by atoms with Crippen molar-refractivity contribution >= 4 is 33.5 Å². The maximum atomic E-state index is 12.4. The number of carbonyl (C=O) groups excluding carboxylic acids is 1. The monoisotopic (exact) mass is 340 g/mol. The molecule has 1 aromatic rings. The highest BCUT2D eigenvalue weighted by Gasteiger charge is 2.39. The van der Waals surface area contributed by atoms with E-state index >= 15 is 0 Å². The fourth-order valence-electron chi connectivity index (χ4n) is 2.58. The SMILES string of the molecule is NCC1(C(=O)Nc2ccc(C(=O)O)cc2Br)CCCC1. The molecular weight excluding hydrogens is 324 g/mol. The van der Waals surface area contributed by atoms with Crippen molar-refractivity contribution in [3.05, 3.63) is 28.2 Å². The van der Waals surface area contributed by atoms with Crippen LogP contribution in [0.2, 0.25) is 0 Å². The fourth-order valence-corrected chi connectivity index (χ4v) is 3.06. The van der Waals surface area contributed by atoms with Crippen molar-refractivity contribution in [2.75, 3.05) is 11.9 Å². The lowest BCUT2D eigenvalue weighted by molar-refractivity contribution is -0.124. The molecule has 0 aromatic heterocycles. The van der Waals surface area contributed by atoms with E-state index in [1.807, 2.05) is 0 Å². The Labute approximate surface area is 125 Å². The van der Waals surface area contributed by atoms with E-state index in [1.54, 1.807) is 6.07 Å². The molecule has 0 aliphatic heterocycles. The first kappa shape index (κ1) is 15.0. The highest BCUT2D eigenvalue weighted by molar-refractivity contribution is 9.10. The van der Waals surface area contributed by atoms with E-state index < -0.39 is 11.4 Å². The predicted octanol–water partition coefficient (Wildman–Crippen LogP) is 2.60. The molecule has 0 unspecified atom stereocenters. The number of carbonyl (C=O) groups is 2. The summed E-state index contributed by atoms with van der Waals surface area (Å²) in [6.45, 7) is 0.337. The summed E-state index contributed by atoms with van der Waals surface area (Å²) in [6, 6.07) is 4.53. The van der Waals surface area contributed by atoms with Crippen LogP contribution in [0.1, 0.15) is 36.0 Å². The Kier molecular flexibility index (Phi) is 4.45. The lowest BCUT2D eigenvalue weighted by atomic mass is 9.85. The molecule has 5 nitrogen and oxygen atoms in total. The van der Waals surface area contributed by atoms with Gasteiger partial charge in [0, 0.05) is 11.0 Å².